The van der Waals surface area contributed by atoms with E-state index in [4.69, 9.17) is 0 Å². The minimum atomic E-state index is -1.71. The SMILES string of the molecule is CCC(CC)(c1ccccc1)[C]([Na])(C(=O)O)C(=O)O. The maximum atomic E-state index is 11.7. The standard InChI is InChI=1S/C14H17O4.Na/c1-3-14(4-2,10-8-6-5-7-9-10)11(12(15)16)13(17)18;/h5-9H,3-4H2,1-2H3,(H,15,16)(H,17,18);. The van der Waals surface area contributed by atoms with Crippen molar-refractivity contribution in [2.24, 2.45) is 0 Å². The van der Waals surface area contributed by atoms with Gasteiger partial charge in [-0.15, -0.1) is 0 Å². The van der Waals surface area contributed by atoms with Crippen molar-refractivity contribution in [2.45, 2.75) is 34.8 Å². The Balaban J connectivity index is 3.58. The molecule has 0 aliphatic heterocycles. The molecule has 1 aromatic carbocycles. The van der Waals surface area contributed by atoms with E-state index in [9.17, 15) is 19.8 Å². The predicted octanol–water partition coefficient (Wildman–Crippen LogP) is 2.24. The topological polar surface area (TPSA) is 74.6 Å². The third kappa shape index (κ3) is 2.45. The Kier molecular flexibility index (Phi) is 5.18. The summed E-state index contributed by atoms with van der Waals surface area (Å²) in [5, 5.41) is 19.0. The fraction of sp³-hybridized carbons (Fsp3) is 0.429. The van der Waals surface area contributed by atoms with Gasteiger partial charge in [0.25, 0.3) is 0 Å². The zero-order valence-corrected chi connectivity index (χ0v) is 13.5. The van der Waals surface area contributed by atoms with Crippen molar-refractivity contribution in [1.29, 1.82) is 0 Å². The summed E-state index contributed by atoms with van der Waals surface area (Å²) >= 11 is 0.0495. The summed E-state index contributed by atoms with van der Waals surface area (Å²) in [6.45, 7) is 3.71. The molecule has 5 heteroatoms. The minimum absolute atomic E-state index is 0.0495. The fourth-order valence-electron chi connectivity index (χ4n) is 2.91. The number of rotatable bonds is 6. The molecule has 0 radical (unpaired) electrons. The first kappa shape index (κ1) is 16.2. The number of carboxylic acid groups (broad SMARTS) is 2. The Morgan fingerprint density at radius 3 is 1.79 bits per heavy atom. The molecule has 0 unspecified atom stereocenters. The van der Waals surface area contributed by atoms with Crippen LogP contribution in [0, 0.1) is 0 Å². The van der Waals surface area contributed by atoms with Crippen LogP contribution in [-0.4, -0.2) is 50.1 Å². The molecule has 0 heterocycles. The summed E-state index contributed by atoms with van der Waals surface area (Å²) < 4.78 is -1.71. The molecule has 0 saturated heterocycles. The Morgan fingerprint density at radius 1 is 1.05 bits per heavy atom. The monoisotopic (exact) mass is 272 g/mol. The van der Waals surface area contributed by atoms with Crippen molar-refractivity contribution in [1.82, 2.24) is 0 Å². The molecule has 0 spiro atoms. The first-order valence-corrected chi connectivity index (χ1v) is 7.39. The Labute approximate surface area is 130 Å². The summed E-state index contributed by atoms with van der Waals surface area (Å²) in [6.07, 6.45) is 0.964. The second-order valence-corrected chi connectivity index (χ2v) is 6.39. The van der Waals surface area contributed by atoms with Gasteiger partial charge in [0.2, 0.25) is 0 Å². The zero-order valence-electron chi connectivity index (χ0n) is 11.5. The van der Waals surface area contributed by atoms with Crippen LogP contribution in [0.2, 0.25) is 2.66 Å². The molecule has 0 aromatic heterocycles. The van der Waals surface area contributed by atoms with Gasteiger partial charge >= 0.3 is 130 Å². The molecule has 0 bridgehead atoms. The second-order valence-electron chi connectivity index (χ2n) is 4.89. The van der Waals surface area contributed by atoms with E-state index in [1.165, 1.54) is 0 Å². The Hall–Kier alpha value is -0.840. The maximum absolute atomic E-state index is 11.7. The Morgan fingerprint density at radius 2 is 1.47 bits per heavy atom. The molecule has 0 aliphatic rings. The number of aliphatic carboxylic acids is 2. The molecule has 0 atom stereocenters. The Bertz CT molecular complexity index is 452. The third-order valence-corrected chi connectivity index (χ3v) is 6.16. The van der Waals surface area contributed by atoms with Gasteiger partial charge in [0.15, 0.2) is 0 Å². The van der Waals surface area contributed by atoms with Crippen LogP contribution in [0.25, 0.3) is 0 Å². The van der Waals surface area contributed by atoms with Crippen molar-refractivity contribution >= 4 is 39.9 Å². The summed E-state index contributed by atoms with van der Waals surface area (Å²) in [7, 11) is 0. The summed E-state index contributed by atoms with van der Waals surface area (Å²) in [5.74, 6) is -2.47. The van der Waals surface area contributed by atoms with Gasteiger partial charge in [-0.25, -0.2) is 0 Å². The van der Waals surface area contributed by atoms with Gasteiger partial charge in [0, 0.05) is 0 Å². The van der Waals surface area contributed by atoms with E-state index in [1.54, 1.807) is 0 Å². The van der Waals surface area contributed by atoms with Crippen LogP contribution >= 0.6 is 0 Å². The number of hydrogen-bond acceptors (Lipinski definition) is 2. The van der Waals surface area contributed by atoms with Crippen LogP contribution in [-0.2, 0) is 15.0 Å². The fourth-order valence-corrected chi connectivity index (χ4v) is 3.91. The molecule has 1 rings (SSSR count). The molecule has 2 N–H and O–H groups in total. The molecule has 98 valence electrons. The van der Waals surface area contributed by atoms with Crippen molar-refractivity contribution in [3.63, 3.8) is 0 Å². The zero-order chi connectivity index (χ0) is 14.7. The third-order valence-electron chi connectivity index (χ3n) is 4.35. The number of benzene rings is 1. The van der Waals surface area contributed by atoms with Crippen LogP contribution < -0.4 is 0 Å². The van der Waals surface area contributed by atoms with Gasteiger partial charge in [-0.1, -0.05) is 0 Å². The molecule has 0 saturated carbocycles. The van der Waals surface area contributed by atoms with Gasteiger partial charge in [-0.2, -0.15) is 0 Å². The quantitative estimate of drug-likeness (QED) is 0.615. The van der Waals surface area contributed by atoms with E-state index >= 15 is 0 Å². The number of hydrogen-bond donors (Lipinski definition) is 2. The number of carbonyl (C=O) groups is 2. The average Bonchev–Trinajstić information content (AvgIpc) is 2.41. The van der Waals surface area contributed by atoms with Gasteiger partial charge in [0.1, 0.15) is 0 Å². The van der Waals surface area contributed by atoms with Crippen molar-refractivity contribution in [3.8, 4) is 0 Å². The van der Waals surface area contributed by atoms with E-state index in [0.29, 0.717) is 12.8 Å². The average molecular weight is 272 g/mol. The van der Waals surface area contributed by atoms with Crippen LogP contribution in [0.15, 0.2) is 30.3 Å². The van der Waals surface area contributed by atoms with Crippen LogP contribution in [0.1, 0.15) is 32.3 Å². The van der Waals surface area contributed by atoms with Crippen molar-refractivity contribution in [2.75, 3.05) is 0 Å². The molecule has 0 amide bonds. The van der Waals surface area contributed by atoms with Crippen LogP contribution in [0.5, 0.6) is 0 Å². The van der Waals surface area contributed by atoms with Crippen molar-refractivity contribution < 1.29 is 19.8 Å². The van der Waals surface area contributed by atoms with Gasteiger partial charge < -0.3 is 0 Å². The summed E-state index contributed by atoms with van der Waals surface area (Å²) in [5.41, 5.74) is -0.0715. The normalized spacial score (nSPS) is 12.2. The van der Waals surface area contributed by atoms with Crippen molar-refractivity contribution in [3.05, 3.63) is 35.9 Å². The molecule has 1 aromatic rings. The van der Waals surface area contributed by atoms with E-state index < -0.39 is 20.0 Å². The van der Waals surface area contributed by atoms with Gasteiger partial charge in [-0.05, 0) is 0 Å². The van der Waals surface area contributed by atoms with E-state index in [-0.39, 0.29) is 27.9 Å². The summed E-state index contributed by atoms with van der Waals surface area (Å²) in [6, 6.07) is 9.13. The van der Waals surface area contributed by atoms with Crippen LogP contribution in [0.3, 0.4) is 0 Å². The molecule has 0 aliphatic carbocycles. The first-order chi connectivity index (χ1) is 8.86. The second kappa shape index (κ2) is 6.07. The molecule has 19 heavy (non-hydrogen) atoms. The van der Waals surface area contributed by atoms with Gasteiger partial charge in [0.05, 0.1) is 0 Å². The van der Waals surface area contributed by atoms with E-state index in [1.807, 2.05) is 44.2 Å². The molecule has 0 fully saturated rings. The number of carboxylic acids is 2. The predicted molar refractivity (Wildman–Crippen MR) is 72.4 cm³/mol. The molecular formula is C14H17NaO4. The van der Waals surface area contributed by atoms with E-state index in [0.717, 1.165) is 5.56 Å². The molecular weight excluding hydrogens is 255 g/mol. The molecule has 4 nitrogen and oxygen atoms in total. The van der Waals surface area contributed by atoms with E-state index in [2.05, 4.69) is 0 Å². The van der Waals surface area contributed by atoms with Crippen LogP contribution in [0.4, 0.5) is 0 Å². The van der Waals surface area contributed by atoms with Gasteiger partial charge in [-0.3, -0.25) is 0 Å². The summed E-state index contributed by atoms with van der Waals surface area (Å²) in [4.78, 5) is 23.3. The first-order valence-electron chi connectivity index (χ1n) is 6.39.